The van der Waals surface area contributed by atoms with E-state index in [0.717, 1.165) is 11.3 Å². The zero-order chi connectivity index (χ0) is 19.6. The number of amides is 1. The molecule has 0 unspecified atom stereocenters. The Morgan fingerprint density at radius 2 is 1.86 bits per heavy atom. The van der Waals surface area contributed by atoms with Gasteiger partial charge in [0.25, 0.3) is 5.91 Å². The van der Waals surface area contributed by atoms with Crippen LogP contribution in [0.5, 0.6) is 11.5 Å². The second-order valence-electron chi connectivity index (χ2n) is 5.96. The van der Waals surface area contributed by atoms with E-state index in [1.54, 1.807) is 30.5 Å². The molecule has 3 aromatic rings. The first-order chi connectivity index (χ1) is 13.7. The number of nitrogens with one attached hydrogen (secondary N) is 1. The first-order valence-electron chi connectivity index (χ1n) is 8.74. The maximum atomic E-state index is 12.0. The number of nitrogens with zero attached hydrogens (tertiary/aromatic N) is 2. The molecule has 1 heterocycles. The smallest absolute Gasteiger partial charge is 0.258 e. The van der Waals surface area contributed by atoms with Crippen LogP contribution in [0.25, 0.3) is 0 Å². The molecule has 28 heavy (non-hydrogen) atoms. The van der Waals surface area contributed by atoms with Crippen molar-refractivity contribution in [3.63, 3.8) is 0 Å². The van der Waals surface area contributed by atoms with Crippen molar-refractivity contribution in [1.82, 2.24) is 10.3 Å². The fourth-order valence-corrected chi connectivity index (χ4v) is 2.41. The van der Waals surface area contributed by atoms with Crippen LogP contribution in [0, 0.1) is 11.3 Å². The van der Waals surface area contributed by atoms with Crippen LogP contribution in [0.3, 0.4) is 0 Å². The van der Waals surface area contributed by atoms with Crippen LogP contribution in [0.1, 0.15) is 16.8 Å². The third kappa shape index (κ3) is 5.85. The Balaban J connectivity index is 1.44. The van der Waals surface area contributed by atoms with Crippen LogP contribution in [0.4, 0.5) is 0 Å². The van der Waals surface area contributed by atoms with Gasteiger partial charge in [0.1, 0.15) is 18.1 Å². The zero-order valence-corrected chi connectivity index (χ0v) is 15.2. The Morgan fingerprint density at radius 1 is 1.00 bits per heavy atom. The molecular weight excluding hydrogens is 354 g/mol. The molecule has 0 atom stereocenters. The van der Waals surface area contributed by atoms with Crippen molar-refractivity contribution in [3.05, 3.63) is 89.7 Å². The molecule has 0 aliphatic carbocycles. The summed E-state index contributed by atoms with van der Waals surface area (Å²) in [7, 11) is 0. The summed E-state index contributed by atoms with van der Waals surface area (Å²) in [6.07, 6.45) is 1.73. The summed E-state index contributed by atoms with van der Waals surface area (Å²) in [5.74, 6) is 1.02. The van der Waals surface area contributed by atoms with Gasteiger partial charge in [-0.15, -0.1) is 0 Å². The minimum atomic E-state index is -0.232. The molecule has 6 heteroatoms. The highest BCUT2D eigenvalue weighted by Gasteiger charge is 2.04. The van der Waals surface area contributed by atoms with Crippen molar-refractivity contribution in [2.24, 2.45) is 0 Å². The minimum Gasteiger partial charge on any atom is -0.487 e. The number of carbonyl (C=O) groups is 1. The van der Waals surface area contributed by atoms with Gasteiger partial charge in [-0.1, -0.05) is 18.2 Å². The number of nitriles is 1. The number of hydrogen-bond donors (Lipinski definition) is 1. The molecule has 0 aliphatic rings. The quantitative estimate of drug-likeness (QED) is 0.655. The van der Waals surface area contributed by atoms with Crippen molar-refractivity contribution in [1.29, 1.82) is 5.26 Å². The van der Waals surface area contributed by atoms with E-state index in [2.05, 4.69) is 10.3 Å². The van der Waals surface area contributed by atoms with E-state index >= 15 is 0 Å². The van der Waals surface area contributed by atoms with Gasteiger partial charge in [0.05, 0.1) is 17.3 Å². The third-order valence-electron chi connectivity index (χ3n) is 3.85. The average molecular weight is 373 g/mol. The Labute approximate surface area is 163 Å². The van der Waals surface area contributed by atoms with Gasteiger partial charge in [0.15, 0.2) is 6.61 Å². The minimum absolute atomic E-state index is 0.0955. The molecule has 1 N–H and O–H groups in total. The van der Waals surface area contributed by atoms with E-state index in [4.69, 9.17) is 14.7 Å². The van der Waals surface area contributed by atoms with Crippen molar-refractivity contribution >= 4 is 5.91 Å². The maximum absolute atomic E-state index is 12.0. The van der Waals surface area contributed by atoms with E-state index < -0.39 is 0 Å². The predicted molar refractivity (Wildman–Crippen MR) is 104 cm³/mol. The lowest BCUT2D eigenvalue weighted by atomic mass is 10.2. The highest BCUT2D eigenvalue weighted by atomic mass is 16.5. The van der Waals surface area contributed by atoms with Crippen LogP contribution in [-0.2, 0) is 17.9 Å². The second kappa shape index (κ2) is 9.74. The zero-order valence-electron chi connectivity index (χ0n) is 15.2. The lowest BCUT2D eigenvalue weighted by Crippen LogP contribution is -2.28. The Hall–Kier alpha value is -3.85. The average Bonchev–Trinajstić information content (AvgIpc) is 2.76. The van der Waals surface area contributed by atoms with Gasteiger partial charge in [-0.2, -0.15) is 5.26 Å². The van der Waals surface area contributed by atoms with Crippen LogP contribution < -0.4 is 14.8 Å². The van der Waals surface area contributed by atoms with E-state index in [1.165, 1.54) is 0 Å². The van der Waals surface area contributed by atoms with E-state index in [1.807, 2.05) is 48.5 Å². The molecule has 1 amide bonds. The topological polar surface area (TPSA) is 84.2 Å². The SMILES string of the molecule is N#Cc1ccc(OCC(=O)NCc2cccc(OCc3ccccn3)c2)cc1. The van der Waals surface area contributed by atoms with Gasteiger partial charge in [-0.3, -0.25) is 9.78 Å². The summed E-state index contributed by atoms with van der Waals surface area (Å²) in [6, 6.07) is 21.8. The fourth-order valence-electron chi connectivity index (χ4n) is 2.41. The molecule has 0 radical (unpaired) electrons. The molecule has 3 rings (SSSR count). The molecule has 0 bridgehead atoms. The molecule has 1 aromatic heterocycles. The van der Waals surface area contributed by atoms with Gasteiger partial charge in [0, 0.05) is 12.7 Å². The summed E-state index contributed by atoms with van der Waals surface area (Å²) < 4.78 is 11.2. The highest BCUT2D eigenvalue weighted by molar-refractivity contribution is 5.77. The van der Waals surface area contributed by atoms with Crippen molar-refractivity contribution < 1.29 is 14.3 Å². The maximum Gasteiger partial charge on any atom is 0.258 e. The molecule has 140 valence electrons. The predicted octanol–water partition coefficient (Wildman–Crippen LogP) is 3.23. The van der Waals surface area contributed by atoms with Crippen LogP contribution in [0.2, 0.25) is 0 Å². The van der Waals surface area contributed by atoms with Crippen molar-refractivity contribution in [2.45, 2.75) is 13.2 Å². The largest absolute Gasteiger partial charge is 0.487 e. The van der Waals surface area contributed by atoms with Crippen LogP contribution in [-0.4, -0.2) is 17.5 Å². The van der Waals surface area contributed by atoms with Crippen molar-refractivity contribution in [3.8, 4) is 17.6 Å². The van der Waals surface area contributed by atoms with Gasteiger partial charge < -0.3 is 14.8 Å². The summed E-state index contributed by atoms with van der Waals surface area (Å²) in [5, 5.41) is 11.6. The first-order valence-corrected chi connectivity index (χ1v) is 8.74. The monoisotopic (exact) mass is 373 g/mol. The molecule has 2 aromatic carbocycles. The van der Waals surface area contributed by atoms with E-state index in [-0.39, 0.29) is 12.5 Å². The molecular formula is C22H19N3O3. The number of aromatic nitrogens is 1. The molecule has 0 saturated heterocycles. The molecule has 0 fully saturated rings. The van der Waals surface area contributed by atoms with Gasteiger partial charge in [-0.25, -0.2) is 0 Å². The second-order valence-corrected chi connectivity index (χ2v) is 5.96. The number of ether oxygens (including phenoxy) is 2. The van der Waals surface area contributed by atoms with Crippen molar-refractivity contribution in [2.75, 3.05) is 6.61 Å². The Morgan fingerprint density at radius 3 is 2.61 bits per heavy atom. The van der Waals surface area contributed by atoms with E-state index in [9.17, 15) is 4.79 Å². The summed E-state index contributed by atoms with van der Waals surface area (Å²) >= 11 is 0. The number of carbonyl (C=O) groups excluding carboxylic acids is 1. The van der Waals surface area contributed by atoms with Crippen LogP contribution in [0.15, 0.2) is 72.9 Å². The number of hydrogen-bond acceptors (Lipinski definition) is 5. The lowest BCUT2D eigenvalue weighted by Gasteiger charge is -2.10. The van der Waals surface area contributed by atoms with E-state index in [0.29, 0.717) is 30.2 Å². The van der Waals surface area contributed by atoms with Gasteiger partial charge >= 0.3 is 0 Å². The van der Waals surface area contributed by atoms with Crippen LogP contribution >= 0.6 is 0 Å². The summed E-state index contributed by atoms with van der Waals surface area (Å²) in [6.45, 7) is 0.660. The Kier molecular flexibility index (Phi) is 6.58. The lowest BCUT2D eigenvalue weighted by molar-refractivity contribution is -0.123. The molecule has 0 saturated carbocycles. The number of benzene rings is 2. The Bertz CT molecular complexity index is 951. The first kappa shape index (κ1) is 18.9. The van der Waals surface area contributed by atoms with Gasteiger partial charge in [-0.05, 0) is 54.1 Å². The molecule has 0 spiro atoms. The standard InChI is InChI=1S/C22H19N3O3/c23-13-17-7-9-20(10-8-17)28-16-22(26)25-14-18-4-3-6-21(12-18)27-15-19-5-1-2-11-24-19/h1-12H,14-16H2,(H,25,26). The molecule has 0 aliphatic heterocycles. The fraction of sp³-hybridized carbons (Fsp3) is 0.136. The number of rotatable bonds is 8. The normalized spacial score (nSPS) is 9.96. The summed E-state index contributed by atoms with van der Waals surface area (Å²) in [4.78, 5) is 16.2. The third-order valence-corrected chi connectivity index (χ3v) is 3.85. The number of pyridine rings is 1. The van der Waals surface area contributed by atoms with Gasteiger partial charge in [0.2, 0.25) is 0 Å². The highest BCUT2D eigenvalue weighted by Crippen LogP contribution is 2.15. The molecule has 6 nitrogen and oxygen atoms in total. The summed E-state index contributed by atoms with van der Waals surface area (Å²) in [5.41, 5.74) is 2.31.